The van der Waals surface area contributed by atoms with Gasteiger partial charge >= 0.3 is 7.60 Å². The number of benzene rings is 2. The van der Waals surface area contributed by atoms with E-state index in [1.807, 2.05) is 66.7 Å². The summed E-state index contributed by atoms with van der Waals surface area (Å²) in [6.45, 7) is 0. The maximum Gasteiger partial charge on any atom is 0.363 e. The Morgan fingerprint density at radius 2 is 1.62 bits per heavy atom. The maximum atomic E-state index is 13.3. The second kappa shape index (κ2) is 7.20. The molecule has 0 N–H and O–H groups in total. The molecule has 1 aliphatic rings. The average molecular weight is 475 g/mol. The predicted molar refractivity (Wildman–Crippen MR) is 113 cm³/mol. The van der Waals surface area contributed by atoms with Gasteiger partial charge in [0.1, 0.15) is 6.10 Å². The quantitative estimate of drug-likeness (QED) is 0.237. The highest BCUT2D eigenvalue weighted by molar-refractivity contribution is 14.1. The van der Waals surface area contributed by atoms with Gasteiger partial charge in [-0.3, -0.25) is 9.09 Å². The fourth-order valence-corrected chi connectivity index (χ4v) is 6.75. The molecule has 0 amide bonds. The van der Waals surface area contributed by atoms with Crippen LogP contribution in [-0.2, 0) is 13.6 Å². The van der Waals surface area contributed by atoms with Gasteiger partial charge in [0, 0.05) is 10.7 Å². The van der Waals surface area contributed by atoms with Crippen LogP contribution in [-0.4, -0.2) is 7.11 Å². The van der Waals surface area contributed by atoms with Gasteiger partial charge < -0.3 is 4.52 Å². The van der Waals surface area contributed by atoms with Gasteiger partial charge in [-0.15, -0.1) is 5.56 Å². The van der Waals surface area contributed by atoms with E-state index in [0.717, 1.165) is 25.8 Å². The first-order chi connectivity index (χ1) is 12.6. The molecule has 0 saturated heterocycles. The Balaban J connectivity index is 1.76. The molecule has 0 spiro atoms. The summed E-state index contributed by atoms with van der Waals surface area (Å²) >= 11 is 2.23. The van der Waals surface area contributed by atoms with Gasteiger partial charge in [0.15, 0.2) is 0 Å². The molecule has 0 bridgehead atoms. The fourth-order valence-electron chi connectivity index (χ4n) is 3.15. The SMILES string of the molecule is COP1(=O)OC(c2ccc[cH-]2)C(I)=C1c1ccc(-c2ccccc2)cc1. The zero-order valence-corrected chi connectivity index (χ0v) is 17.2. The zero-order valence-electron chi connectivity index (χ0n) is 14.1. The molecule has 1 aliphatic heterocycles. The van der Waals surface area contributed by atoms with E-state index in [-0.39, 0.29) is 6.10 Å². The topological polar surface area (TPSA) is 35.5 Å². The molecule has 2 atom stereocenters. The number of rotatable bonds is 4. The van der Waals surface area contributed by atoms with Crippen molar-refractivity contribution >= 4 is 35.5 Å². The molecule has 26 heavy (non-hydrogen) atoms. The largest absolute Gasteiger partial charge is 0.363 e. The zero-order chi connectivity index (χ0) is 18.1. The maximum absolute atomic E-state index is 13.3. The first kappa shape index (κ1) is 17.8. The second-order valence-corrected chi connectivity index (χ2v) is 9.20. The van der Waals surface area contributed by atoms with Gasteiger partial charge in [-0.1, -0.05) is 54.6 Å². The molecule has 3 nitrogen and oxygen atoms in total. The van der Waals surface area contributed by atoms with E-state index in [1.54, 1.807) is 0 Å². The van der Waals surface area contributed by atoms with Crippen molar-refractivity contribution in [3.05, 3.63) is 93.6 Å². The Kier molecular flexibility index (Phi) is 4.93. The normalized spacial score (nSPS) is 22.8. The van der Waals surface area contributed by atoms with Crippen molar-refractivity contribution in [3.8, 4) is 11.1 Å². The molecule has 0 radical (unpaired) electrons. The Bertz CT molecular complexity index is 976. The Labute approximate surface area is 166 Å². The molecule has 1 heterocycles. The lowest BCUT2D eigenvalue weighted by Gasteiger charge is -2.16. The molecule has 3 aromatic rings. The van der Waals surface area contributed by atoms with E-state index < -0.39 is 7.60 Å². The number of halogens is 1. The summed E-state index contributed by atoms with van der Waals surface area (Å²) in [5.41, 5.74) is 4.12. The van der Waals surface area contributed by atoms with E-state index in [0.29, 0.717) is 5.31 Å². The minimum Gasteiger partial charge on any atom is -0.309 e. The first-order valence-corrected chi connectivity index (χ1v) is 10.9. The lowest BCUT2D eigenvalue weighted by atomic mass is 10.0. The summed E-state index contributed by atoms with van der Waals surface area (Å²) in [5.74, 6) is 0. The van der Waals surface area contributed by atoms with Crippen LogP contribution in [0.1, 0.15) is 17.2 Å². The molecular formula is C21H17IO3P-. The fraction of sp³-hybridized carbons (Fsp3) is 0.0952. The summed E-state index contributed by atoms with van der Waals surface area (Å²) in [7, 11) is -1.91. The van der Waals surface area contributed by atoms with Gasteiger partial charge in [-0.05, 0) is 39.3 Å². The standard InChI is InChI=1S/C21H17IO3P/c1-24-26(23)21(19(22)20(25-26)17-9-5-6-10-17)18-13-11-16(12-14-18)15-7-3-2-4-8-15/h2-14,20H,1H3/q-1. The average Bonchev–Trinajstić information content (AvgIpc) is 3.30. The predicted octanol–water partition coefficient (Wildman–Crippen LogP) is 6.79. The van der Waals surface area contributed by atoms with Crippen LogP contribution in [0.3, 0.4) is 0 Å². The molecule has 0 fully saturated rings. The van der Waals surface area contributed by atoms with Crippen LogP contribution >= 0.6 is 30.2 Å². The molecule has 3 aromatic carbocycles. The van der Waals surface area contributed by atoms with Crippen molar-refractivity contribution < 1.29 is 13.6 Å². The van der Waals surface area contributed by atoms with E-state index in [1.165, 1.54) is 7.11 Å². The third-order valence-electron chi connectivity index (χ3n) is 4.47. The van der Waals surface area contributed by atoms with Gasteiger partial charge in [-0.2, -0.15) is 12.1 Å². The third-order valence-corrected chi connectivity index (χ3v) is 8.02. The Morgan fingerprint density at radius 1 is 0.962 bits per heavy atom. The molecular weight excluding hydrogens is 458 g/mol. The van der Waals surface area contributed by atoms with E-state index in [9.17, 15) is 4.57 Å². The lowest BCUT2D eigenvalue weighted by molar-refractivity contribution is 0.214. The Morgan fingerprint density at radius 3 is 2.23 bits per heavy atom. The van der Waals surface area contributed by atoms with Crippen molar-refractivity contribution in [3.63, 3.8) is 0 Å². The van der Waals surface area contributed by atoms with Crippen LogP contribution in [0.4, 0.5) is 0 Å². The van der Waals surface area contributed by atoms with Crippen LogP contribution in [0, 0.1) is 0 Å². The van der Waals surface area contributed by atoms with Crippen molar-refractivity contribution in [2.24, 2.45) is 0 Å². The summed E-state index contributed by atoms with van der Waals surface area (Å²) in [6.07, 6.45) is -0.347. The number of hydrogen-bond donors (Lipinski definition) is 0. The van der Waals surface area contributed by atoms with Crippen LogP contribution in [0.15, 0.2) is 82.4 Å². The van der Waals surface area contributed by atoms with Crippen LogP contribution < -0.4 is 0 Å². The molecule has 132 valence electrons. The van der Waals surface area contributed by atoms with Gasteiger partial charge in [-0.25, -0.2) is 12.1 Å². The van der Waals surface area contributed by atoms with Gasteiger partial charge in [0.25, 0.3) is 0 Å². The van der Waals surface area contributed by atoms with Crippen molar-refractivity contribution in [1.29, 1.82) is 0 Å². The highest BCUT2D eigenvalue weighted by Crippen LogP contribution is 2.71. The van der Waals surface area contributed by atoms with Crippen LogP contribution in [0.2, 0.25) is 0 Å². The molecule has 0 aromatic heterocycles. The molecule has 4 rings (SSSR count). The Hall–Kier alpha value is -1.59. The highest BCUT2D eigenvalue weighted by atomic mass is 127. The summed E-state index contributed by atoms with van der Waals surface area (Å²) < 4.78 is 25.4. The first-order valence-electron chi connectivity index (χ1n) is 8.24. The van der Waals surface area contributed by atoms with Crippen LogP contribution in [0.25, 0.3) is 16.4 Å². The van der Waals surface area contributed by atoms with Gasteiger partial charge in [0.2, 0.25) is 0 Å². The molecule has 0 aliphatic carbocycles. The highest BCUT2D eigenvalue weighted by Gasteiger charge is 2.43. The van der Waals surface area contributed by atoms with E-state index >= 15 is 0 Å². The minimum absolute atomic E-state index is 0.347. The third kappa shape index (κ3) is 3.12. The van der Waals surface area contributed by atoms with Crippen molar-refractivity contribution in [2.75, 3.05) is 7.11 Å². The number of hydrogen-bond acceptors (Lipinski definition) is 3. The lowest BCUT2D eigenvalue weighted by Crippen LogP contribution is -1.95. The van der Waals surface area contributed by atoms with Crippen molar-refractivity contribution in [2.45, 2.75) is 6.10 Å². The molecule has 2 unspecified atom stereocenters. The van der Waals surface area contributed by atoms with Crippen molar-refractivity contribution in [1.82, 2.24) is 0 Å². The molecule has 0 saturated carbocycles. The summed E-state index contributed by atoms with van der Waals surface area (Å²) in [6, 6.07) is 26.1. The second-order valence-electron chi connectivity index (χ2n) is 6.02. The van der Waals surface area contributed by atoms with Gasteiger partial charge in [0.05, 0.1) is 5.31 Å². The smallest absolute Gasteiger partial charge is 0.309 e. The summed E-state index contributed by atoms with van der Waals surface area (Å²) in [5, 5.41) is 0.659. The van der Waals surface area contributed by atoms with Crippen LogP contribution in [0.5, 0.6) is 0 Å². The summed E-state index contributed by atoms with van der Waals surface area (Å²) in [4.78, 5) is 0. The van der Waals surface area contributed by atoms with E-state index in [2.05, 4.69) is 34.7 Å². The monoisotopic (exact) mass is 475 g/mol. The minimum atomic E-state index is -3.35. The van der Waals surface area contributed by atoms with E-state index in [4.69, 9.17) is 9.05 Å². The molecule has 5 heteroatoms.